The van der Waals surface area contributed by atoms with E-state index in [2.05, 4.69) is 9.97 Å². The van der Waals surface area contributed by atoms with Crippen molar-refractivity contribution in [3.05, 3.63) is 29.3 Å². The fraction of sp³-hybridized carbons (Fsp3) is 0.333. The van der Waals surface area contributed by atoms with Crippen LogP contribution in [0.2, 0.25) is 0 Å². The van der Waals surface area contributed by atoms with E-state index in [0.29, 0.717) is 17.0 Å². The number of hydrogen-bond acceptors (Lipinski definition) is 3. The summed E-state index contributed by atoms with van der Waals surface area (Å²) in [5.41, 5.74) is 0.716. The van der Waals surface area contributed by atoms with Crippen molar-refractivity contribution in [3.63, 3.8) is 0 Å². The van der Waals surface area contributed by atoms with Crippen molar-refractivity contribution >= 4 is 28.8 Å². The quantitative estimate of drug-likeness (QED) is 0.877. The molecule has 2 heterocycles. The van der Waals surface area contributed by atoms with Crippen LogP contribution in [0.25, 0.3) is 11.0 Å². The van der Waals surface area contributed by atoms with Gasteiger partial charge in [0, 0.05) is 11.7 Å². The second kappa shape index (κ2) is 4.28. The molecule has 1 aliphatic rings. The minimum absolute atomic E-state index is 0.0850. The van der Waals surface area contributed by atoms with Crippen LogP contribution in [0.3, 0.4) is 0 Å². The number of rotatable bonds is 2. The molecular weight excluding hydrogens is 255 g/mol. The van der Waals surface area contributed by atoms with Gasteiger partial charge in [-0.05, 0) is 24.3 Å². The molecule has 1 atom stereocenters. The molecule has 18 heavy (non-hydrogen) atoms. The highest BCUT2D eigenvalue weighted by atomic mass is 32.2. The van der Waals surface area contributed by atoms with Gasteiger partial charge in [-0.25, -0.2) is 14.2 Å². The summed E-state index contributed by atoms with van der Waals surface area (Å²) < 4.78 is 13.3. The van der Waals surface area contributed by atoms with Crippen LogP contribution in [-0.2, 0) is 0 Å². The maximum Gasteiger partial charge on any atom is 0.338 e. The Labute approximate surface area is 107 Å². The van der Waals surface area contributed by atoms with Gasteiger partial charge in [0.1, 0.15) is 17.2 Å². The number of fused-ring (bicyclic) bond motifs is 1. The fourth-order valence-corrected chi connectivity index (χ4v) is 3.43. The Morgan fingerprint density at radius 2 is 2.39 bits per heavy atom. The van der Waals surface area contributed by atoms with Crippen molar-refractivity contribution in [2.75, 3.05) is 11.5 Å². The summed E-state index contributed by atoms with van der Waals surface area (Å²) >= 11 is 1.85. The predicted molar refractivity (Wildman–Crippen MR) is 67.7 cm³/mol. The van der Waals surface area contributed by atoms with Crippen LogP contribution in [-0.4, -0.2) is 32.5 Å². The van der Waals surface area contributed by atoms with Crippen LogP contribution in [0.5, 0.6) is 0 Å². The lowest BCUT2D eigenvalue weighted by Crippen LogP contribution is -2.00. The van der Waals surface area contributed by atoms with Gasteiger partial charge < -0.3 is 10.1 Å². The maximum atomic E-state index is 13.3. The number of hydrogen-bond donors (Lipinski definition) is 2. The topological polar surface area (TPSA) is 66.0 Å². The molecule has 1 fully saturated rings. The number of benzene rings is 1. The standard InChI is InChI=1S/C12H11FN2O2S/c13-7-3-8(12(16)17)10-9(4-7)14-11(15-10)6-1-2-18-5-6/h3-4,6H,1-2,5H2,(H,14,15)(H,16,17). The third-order valence-electron chi connectivity index (χ3n) is 3.12. The van der Waals surface area contributed by atoms with Crippen molar-refractivity contribution in [3.8, 4) is 0 Å². The van der Waals surface area contributed by atoms with E-state index in [4.69, 9.17) is 5.11 Å². The van der Waals surface area contributed by atoms with Crippen molar-refractivity contribution in [1.82, 2.24) is 9.97 Å². The Balaban J connectivity index is 2.15. The third kappa shape index (κ3) is 1.86. The van der Waals surface area contributed by atoms with Gasteiger partial charge in [-0.1, -0.05) is 0 Å². The molecule has 1 aliphatic heterocycles. The summed E-state index contributed by atoms with van der Waals surface area (Å²) in [6.45, 7) is 0. The molecule has 1 saturated heterocycles. The molecule has 0 saturated carbocycles. The number of aromatic nitrogens is 2. The molecule has 0 radical (unpaired) electrons. The van der Waals surface area contributed by atoms with Gasteiger partial charge in [-0.3, -0.25) is 0 Å². The molecule has 6 heteroatoms. The van der Waals surface area contributed by atoms with E-state index in [-0.39, 0.29) is 5.56 Å². The van der Waals surface area contributed by atoms with Crippen molar-refractivity contribution < 1.29 is 14.3 Å². The lowest BCUT2D eigenvalue weighted by Gasteiger charge is -2.01. The van der Waals surface area contributed by atoms with Crippen molar-refractivity contribution in [2.24, 2.45) is 0 Å². The first-order chi connectivity index (χ1) is 8.65. The highest BCUT2D eigenvalue weighted by molar-refractivity contribution is 7.99. The summed E-state index contributed by atoms with van der Waals surface area (Å²) in [5.74, 6) is 1.43. The van der Waals surface area contributed by atoms with Gasteiger partial charge in [0.25, 0.3) is 0 Å². The molecule has 0 aliphatic carbocycles. The van der Waals surface area contributed by atoms with Gasteiger partial charge in [0.2, 0.25) is 0 Å². The maximum absolute atomic E-state index is 13.3. The van der Waals surface area contributed by atoms with Crippen LogP contribution in [0.15, 0.2) is 12.1 Å². The summed E-state index contributed by atoms with van der Waals surface area (Å²) in [6.07, 6.45) is 1.02. The zero-order chi connectivity index (χ0) is 12.7. The molecule has 0 amide bonds. The number of carbonyl (C=O) groups is 1. The summed E-state index contributed by atoms with van der Waals surface area (Å²) in [7, 11) is 0. The Kier molecular flexibility index (Phi) is 2.74. The van der Waals surface area contributed by atoms with Crippen LogP contribution < -0.4 is 0 Å². The molecule has 2 aromatic rings. The molecule has 4 nitrogen and oxygen atoms in total. The molecule has 3 rings (SSSR count). The van der Waals surface area contributed by atoms with E-state index in [9.17, 15) is 9.18 Å². The Hall–Kier alpha value is -1.56. The zero-order valence-electron chi connectivity index (χ0n) is 9.44. The van der Waals surface area contributed by atoms with Crippen LogP contribution in [0, 0.1) is 5.82 Å². The van der Waals surface area contributed by atoms with E-state index in [1.54, 1.807) is 0 Å². The largest absolute Gasteiger partial charge is 0.478 e. The minimum atomic E-state index is -1.15. The first-order valence-corrected chi connectivity index (χ1v) is 6.81. The zero-order valence-corrected chi connectivity index (χ0v) is 10.3. The average Bonchev–Trinajstić information content (AvgIpc) is 2.95. The van der Waals surface area contributed by atoms with Crippen LogP contribution >= 0.6 is 11.8 Å². The van der Waals surface area contributed by atoms with Crippen LogP contribution in [0.4, 0.5) is 4.39 Å². The molecule has 94 valence electrons. The monoisotopic (exact) mass is 266 g/mol. The normalized spacial score (nSPS) is 19.5. The van der Waals surface area contributed by atoms with E-state index >= 15 is 0 Å². The fourth-order valence-electron chi connectivity index (χ4n) is 2.21. The molecule has 1 aromatic heterocycles. The third-order valence-corrected chi connectivity index (χ3v) is 4.28. The van der Waals surface area contributed by atoms with Gasteiger partial charge >= 0.3 is 5.97 Å². The number of halogens is 1. The molecule has 0 spiro atoms. The SMILES string of the molecule is O=C(O)c1cc(F)cc2[nH]c(C3CCSC3)nc12. The smallest absolute Gasteiger partial charge is 0.338 e. The van der Waals surface area contributed by atoms with E-state index < -0.39 is 11.8 Å². The molecule has 0 bridgehead atoms. The number of carboxylic acids is 1. The second-order valence-electron chi connectivity index (χ2n) is 4.34. The van der Waals surface area contributed by atoms with Crippen LogP contribution in [0.1, 0.15) is 28.5 Å². The number of nitrogens with one attached hydrogen (secondary N) is 1. The number of imidazole rings is 1. The Morgan fingerprint density at radius 1 is 1.56 bits per heavy atom. The number of aromatic amines is 1. The van der Waals surface area contributed by atoms with E-state index in [1.807, 2.05) is 11.8 Å². The second-order valence-corrected chi connectivity index (χ2v) is 5.49. The highest BCUT2D eigenvalue weighted by Crippen LogP contribution is 2.32. The van der Waals surface area contributed by atoms with E-state index in [0.717, 1.165) is 29.8 Å². The van der Waals surface area contributed by atoms with Gasteiger partial charge in [-0.2, -0.15) is 11.8 Å². The molecular formula is C12H11FN2O2S. The number of aromatic carboxylic acids is 1. The van der Waals surface area contributed by atoms with Crippen molar-refractivity contribution in [2.45, 2.75) is 12.3 Å². The van der Waals surface area contributed by atoms with Gasteiger partial charge in [0.05, 0.1) is 11.1 Å². The van der Waals surface area contributed by atoms with Crippen molar-refractivity contribution in [1.29, 1.82) is 0 Å². The number of thioether (sulfide) groups is 1. The summed E-state index contributed by atoms with van der Waals surface area (Å²) in [6, 6.07) is 2.30. The number of carboxylic acid groups (broad SMARTS) is 1. The average molecular weight is 266 g/mol. The van der Waals surface area contributed by atoms with Gasteiger partial charge in [-0.15, -0.1) is 0 Å². The number of nitrogens with zero attached hydrogens (tertiary/aromatic N) is 1. The number of H-pyrrole nitrogens is 1. The predicted octanol–water partition coefficient (Wildman–Crippen LogP) is 2.62. The summed E-state index contributed by atoms with van der Waals surface area (Å²) in [4.78, 5) is 18.5. The summed E-state index contributed by atoms with van der Waals surface area (Å²) in [5, 5.41) is 9.06. The van der Waals surface area contributed by atoms with Gasteiger partial charge in [0.15, 0.2) is 0 Å². The Morgan fingerprint density at radius 3 is 3.06 bits per heavy atom. The molecule has 1 unspecified atom stereocenters. The lowest BCUT2D eigenvalue weighted by atomic mass is 10.1. The Bertz CT molecular complexity index is 620. The minimum Gasteiger partial charge on any atom is -0.478 e. The molecule has 1 aromatic carbocycles. The molecule has 2 N–H and O–H groups in total. The lowest BCUT2D eigenvalue weighted by molar-refractivity contribution is 0.0698. The first-order valence-electron chi connectivity index (χ1n) is 5.65. The first kappa shape index (κ1) is 11.5. The highest BCUT2D eigenvalue weighted by Gasteiger charge is 2.22. The van der Waals surface area contributed by atoms with E-state index in [1.165, 1.54) is 6.07 Å².